The zero-order valence-corrected chi connectivity index (χ0v) is 15.8. The molecule has 1 aromatic rings. The molecule has 0 radical (unpaired) electrons. The molecular weight excluding hydrogens is 328 g/mol. The summed E-state index contributed by atoms with van der Waals surface area (Å²) in [5, 5.41) is 0. The maximum absolute atomic E-state index is 12.8. The number of carbonyl (C=O) groups is 2. The Morgan fingerprint density at radius 1 is 1.19 bits per heavy atom. The smallest absolute Gasteiger partial charge is 0.225 e. The molecule has 1 aliphatic carbocycles. The number of rotatable bonds is 4. The highest BCUT2D eigenvalue weighted by molar-refractivity contribution is 5.80. The normalized spacial score (nSPS) is 27.0. The summed E-state index contributed by atoms with van der Waals surface area (Å²) < 4.78 is 5.66. The van der Waals surface area contributed by atoms with E-state index in [9.17, 15) is 9.59 Å². The number of furan rings is 1. The minimum absolute atomic E-state index is 0.259. The summed E-state index contributed by atoms with van der Waals surface area (Å²) >= 11 is 0. The molecule has 1 saturated carbocycles. The molecule has 3 aliphatic rings. The quantitative estimate of drug-likeness (QED) is 0.831. The summed E-state index contributed by atoms with van der Waals surface area (Å²) in [7, 11) is 0. The van der Waals surface area contributed by atoms with Gasteiger partial charge in [-0.15, -0.1) is 0 Å². The van der Waals surface area contributed by atoms with Crippen molar-refractivity contribution in [2.75, 3.05) is 19.6 Å². The zero-order chi connectivity index (χ0) is 18.1. The Hall–Kier alpha value is -1.78. The fraction of sp³-hybridized carbons (Fsp3) is 0.714. The second kappa shape index (κ2) is 7.45. The van der Waals surface area contributed by atoms with Crippen LogP contribution in [0.3, 0.4) is 0 Å². The second-order valence-corrected chi connectivity index (χ2v) is 8.27. The van der Waals surface area contributed by atoms with Crippen molar-refractivity contribution < 1.29 is 14.0 Å². The van der Waals surface area contributed by atoms with E-state index in [1.165, 1.54) is 12.8 Å². The first kappa shape index (κ1) is 17.6. The van der Waals surface area contributed by atoms with Crippen LogP contribution in [-0.4, -0.2) is 47.3 Å². The predicted molar refractivity (Wildman–Crippen MR) is 98.5 cm³/mol. The van der Waals surface area contributed by atoms with E-state index in [0.717, 1.165) is 63.3 Å². The minimum atomic E-state index is 0.259. The zero-order valence-electron chi connectivity index (χ0n) is 15.8. The molecule has 0 aromatic carbocycles. The van der Waals surface area contributed by atoms with Crippen molar-refractivity contribution in [2.45, 2.75) is 64.3 Å². The average molecular weight is 358 g/mol. The molecule has 2 saturated heterocycles. The Morgan fingerprint density at radius 3 is 2.73 bits per heavy atom. The van der Waals surface area contributed by atoms with Crippen LogP contribution in [0.2, 0.25) is 0 Å². The van der Waals surface area contributed by atoms with E-state index in [-0.39, 0.29) is 11.8 Å². The van der Waals surface area contributed by atoms with Gasteiger partial charge in [-0.25, -0.2) is 0 Å². The van der Waals surface area contributed by atoms with Crippen molar-refractivity contribution in [3.63, 3.8) is 0 Å². The van der Waals surface area contributed by atoms with Crippen LogP contribution in [0.5, 0.6) is 0 Å². The largest absolute Gasteiger partial charge is 0.466 e. The Morgan fingerprint density at radius 2 is 2.00 bits per heavy atom. The van der Waals surface area contributed by atoms with E-state index < -0.39 is 0 Å². The van der Waals surface area contributed by atoms with Gasteiger partial charge in [0.15, 0.2) is 0 Å². The lowest BCUT2D eigenvalue weighted by molar-refractivity contribution is -0.145. The molecular formula is C21H30N2O3. The van der Waals surface area contributed by atoms with E-state index >= 15 is 0 Å². The van der Waals surface area contributed by atoms with E-state index in [2.05, 4.69) is 9.80 Å². The molecule has 4 rings (SSSR count). The van der Waals surface area contributed by atoms with Gasteiger partial charge in [0.25, 0.3) is 0 Å². The summed E-state index contributed by atoms with van der Waals surface area (Å²) in [5.41, 5.74) is 0. The van der Waals surface area contributed by atoms with Crippen LogP contribution >= 0.6 is 0 Å². The Kier molecular flexibility index (Phi) is 5.05. The van der Waals surface area contributed by atoms with E-state index in [1.807, 2.05) is 19.1 Å². The molecule has 1 aromatic heterocycles. The standard InChI is InChI=1S/C21H30N2O3/c1-15-6-8-18(26-15)10-13-23-19-11-12-22(14-17(19)7-9-20(23)24)21(25)16-4-2-3-5-16/h6,8,16-17,19H,2-5,7,9-14H2,1H3/t17-,19+/m0/s1. The summed E-state index contributed by atoms with van der Waals surface area (Å²) in [4.78, 5) is 29.5. The first-order chi connectivity index (χ1) is 12.6. The van der Waals surface area contributed by atoms with Gasteiger partial charge in [0.1, 0.15) is 11.5 Å². The monoisotopic (exact) mass is 358 g/mol. The molecule has 2 aliphatic heterocycles. The topological polar surface area (TPSA) is 53.8 Å². The van der Waals surface area contributed by atoms with Gasteiger partial charge < -0.3 is 14.2 Å². The van der Waals surface area contributed by atoms with Gasteiger partial charge in [-0.1, -0.05) is 12.8 Å². The fourth-order valence-electron chi connectivity index (χ4n) is 5.12. The van der Waals surface area contributed by atoms with E-state index in [4.69, 9.17) is 4.42 Å². The summed E-state index contributed by atoms with van der Waals surface area (Å²) in [6.45, 7) is 4.32. The molecule has 3 fully saturated rings. The highest BCUT2D eigenvalue weighted by Gasteiger charge is 2.41. The molecule has 2 amide bonds. The summed E-state index contributed by atoms with van der Waals surface area (Å²) in [6.07, 6.45) is 7.76. The highest BCUT2D eigenvalue weighted by atomic mass is 16.3. The molecule has 0 bridgehead atoms. The number of nitrogens with zero attached hydrogens (tertiary/aromatic N) is 2. The molecule has 0 spiro atoms. The van der Waals surface area contributed by atoms with Gasteiger partial charge in [0.05, 0.1) is 0 Å². The summed E-state index contributed by atoms with van der Waals surface area (Å²) in [6, 6.07) is 4.27. The molecule has 142 valence electrons. The lowest BCUT2D eigenvalue weighted by Crippen LogP contribution is -2.57. The van der Waals surface area contributed by atoms with Crippen LogP contribution in [-0.2, 0) is 16.0 Å². The highest BCUT2D eigenvalue weighted by Crippen LogP contribution is 2.34. The molecule has 26 heavy (non-hydrogen) atoms. The Labute approximate surface area is 155 Å². The van der Waals surface area contributed by atoms with Crippen LogP contribution in [0, 0.1) is 18.8 Å². The number of carbonyl (C=O) groups excluding carboxylic acids is 2. The van der Waals surface area contributed by atoms with Crippen molar-refractivity contribution in [3.05, 3.63) is 23.7 Å². The van der Waals surface area contributed by atoms with Crippen LogP contribution in [0.15, 0.2) is 16.5 Å². The maximum atomic E-state index is 12.8. The molecule has 2 atom stereocenters. The number of hydrogen-bond acceptors (Lipinski definition) is 3. The number of piperidine rings is 2. The van der Waals surface area contributed by atoms with Gasteiger partial charge >= 0.3 is 0 Å². The third-order valence-electron chi connectivity index (χ3n) is 6.55. The molecule has 5 nitrogen and oxygen atoms in total. The molecule has 0 N–H and O–H groups in total. The van der Waals surface area contributed by atoms with E-state index in [0.29, 0.717) is 24.3 Å². The van der Waals surface area contributed by atoms with Gasteiger partial charge in [-0.3, -0.25) is 9.59 Å². The maximum Gasteiger partial charge on any atom is 0.225 e. The van der Waals surface area contributed by atoms with Gasteiger partial charge in [0, 0.05) is 44.4 Å². The Bertz CT molecular complexity index is 662. The van der Waals surface area contributed by atoms with E-state index in [1.54, 1.807) is 0 Å². The lowest BCUT2D eigenvalue weighted by atomic mass is 9.83. The molecule has 3 heterocycles. The van der Waals surface area contributed by atoms with Crippen molar-refractivity contribution in [2.24, 2.45) is 11.8 Å². The van der Waals surface area contributed by atoms with Crippen LogP contribution in [0.25, 0.3) is 0 Å². The average Bonchev–Trinajstić information content (AvgIpc) is 3.32. The van der Waals surface area contributed by atoms with Crippen LogP contribution < -0.4 is 0 Å². The number of amides is 2. The van der Waals surface area contributed by atoms with Crippen molar-refractivity contribution in [3.8, 4) is 0 Å². The molecule has 5 heteroatoms. The Balaban J connectivity index is 1.37. The number of hydrogen-bond donors (Lipinski definition) is 0. The first-order valence-corrected chi connectivity index (χ1v) is 10.3. The third kappa shape index (κ3) is 3.53. The van der Waals surface area contributed by atoms with Gasteiger partial charge in [0.2, 0.25) is 11.8 Å². The third-order valence-corrected chi connectivity index (χ3v) is 6.55. The lowest BCUT2D eigenvalue weighted by Gasteiger charge is -2.47. The van der Waals surface area contributed by atoms with Crippen molar-refractivity contribution in [1.29, 1.82) is 0 Å². The second-order valence-electron chi connectivity index (χ2n) is 8.27. The number of fused-ring (bicyclic) bond motifs is 1. The van der Waals surface area contributed by atoms with Crippen molar-refractivity contribution in [1.82, 2.24) is 9.80 Å². The minimum Gasteiger partial charge on any atom is -0.466 e. The SMILES string of the molecule is Cc1ccc(CCN2C(=O)CC[C@H]3CN(C(=O)C4CCCC4)CC[C@H]32)o1. The predicted octanol–water partition coefficient (Wildman–Crippen LogP) is 3.16. The van der Waals surface area contributed by atoms with Gasteiger partial charge in [-0.05, 0) is 50.7 Å². The first-order valence-electron chi connectivity index (χ1n) is 10.3. The van der Waals surface area contributed by atoms with Crippen molar-refractivity contribution >= 4 is 11.8 Å². The fourth-order valence-corrected chi connectivity index (χ4v) is 5.12. The number of likely N-dealkylation sites (tertiary alicyclic amines) is 2. The van der Waals surface area contributed by atoms with Gasteiger partial charge in [-0.2, -0.15) is 0 Å². The molecule has 0 unspecified atom stereocenters. The van der Waals surface area contributed by atoms with Crippen LogP contribution in [0.4, 0.5) is 0 Å². The summed E-state index contributed by atoms with van der Waals surface area (Å²) in [5.74, 6) is 3.20. The number of aryl methyl sites for hydroxylation is 1. The van der Waals surface area contributed by atoms with Crippen LogP contribution in [0.1, 0.15) is 56.5 Å².